The van der Waals surface area contributed by atoms with Gasteiger partial charge in [-0.2, -0.15) is 18.4 Å². The number of ether oxygens (including phenoxy) is 2. The van der Waals surface area contributed by atoms with Crippen LogP contribution in [0.2, 0.25) is 0 Å². The van der Waals surface area contributed by atoms with Gasteiger partial charge in [-0.1, -0.05) is 24.3 Å². The van der Waals surface area contributed by atoms with Gasteiger partial charge >= 0.3 is 6.18 Å². The molecule has 0 aliphatic carbocycles. The van der Waals surface area contributed by atoms with Crippen molar-refractivity contribution in [1.82, 2.24) is 5.32 Å². The van der Waals surface area contributed by atoms with Gasteiger partial charge < -0.3 is 14.8 Å². The summed E-state index contributed by atoms with van der Waals surface area (Å²) in [6.45, 7) is 2.61. The molecule has 0 saturated carbocycles. The molecule has 0 bridgehead atoms. The number of para-hydroxylation sites is 1. The quantitative estimate of drug-likeness (QED) is 0.518. The lowest BCUT2D eigenvalue weighted by atomic mass is 10.0. The summed E-state index contributed by atoms with van der Waals surface area (Å²) < 4.78 is 50.0. The smallest absolute Gasteiger partial charge is 0.416 e. The van der Waals surface area contributed by atoms with Crippen LogP contribution in [0.3, 0.4) is 0 Å². The van der Waals surface area contributed by atoms with Gasteiger partial charge in [0, 0.05) is 13.2 Å². The van der Waals surface area contributed by atoms with E-state index >= 15 is 0 Å². The fraction of sp³-hybridized carbons (Fsp3) is 0.409. The van der Waals surface area contributed by atoms with Crippen molar-refractivity contribution >= 4 is 0 Å². The van der Waals surface area contributed by atoms with Crippen molar-refractivity contribution in [3.8, 4) is 11.8 Å². The molecule has 0 aliphatic heterocycles. The van der Waals surface area contributed by atoms with Gasteiger partial charge in [-0.05, 0) is 54.8 Å². The van der Waals surface area contributed by atoms with E-state index in [1.165, 1.54) is 0 Å². The molecule has 7 heteroatoms. The molecule has 156 valence electrons. The summed E-state index contributed by atoms with van der Waals surface area (Å²) in [5, 5.41) is 11.9. The van der Waals surface area contributed by atoms with E-state index < -0.39 is 11.7 Å². The molecule has 0 radical (unpaired) electrons. The van der Waals surface area contributed by atoms with Crippen molar-refractivity contribution in [2.24, 2.45) is 0 Å². The van der Waals surface area contributed by atoms with E-state index in [2.05, 4.69) is 5.32 Å². The summed E-state index contributed by atoms with van der Waals surface area (Å²) in [6.07, 6.45) is -2.76. The number of halogens is 3. The van der Waals surface area contributed by atoms with Crippen LogP contribution in [0.5, 0.6) is 5.75 Å². The van der Waals surface area contributed by atoms with Crippen LogP contribution in [0.25, 0.3) is 0 Å². The molecule has 0 saturated heterocycles. The molecular weight excluding hydrogens is 381 g/mol. The maximum Gasteiger partial charge on any atom is 0.416 e. The molecule has 0 amide bonds. The van der Waals surface area contributed by atoms with Gasteiger partial charge in [0.25, 0.3) is 0 Å². The summed E-state index contributed by atoms with van der Waals surface area (Å²) in [4.78, 5) is 0. The van der Waals surface area contributed by atoms with Crippen LogP contribution < -0.4 is 10.1 Å². The van der Waals surface area contributed by atoms with Gasteiger partial charge in [0.2, 0.25) is 0 Å². The first-order chi connectivity index (χ1) is 14.0. The summed E-state index contributed by atoms with van der Waals surface area (Å²) in [5.74, 6) is 0.813. The molecule has 1 N–H and O–H groups in total. The molecule has 0 spiro atoms. The molecule has 2 rings (SSSR count). The Morgan fingerprint density at radius 1 is 0.931 bits per heavy atom. The van der Waals surface area contributed by atoms with E-state index in [4.69, 9.17) is 14.7 Å². The molecule has 29 heavy (non-hydrogen) atoms. The first-order valence-corrected chi connectivity index (χ1v) is 9.52. The topological polar surface area (TPSA) is 54.3 Å². The van der Waals surface area contributed by atoms with E-state index in [0.717, 1.165) is 30.7 Å². The first kappa shape index (κ1) is 22.7. The molecule has 0 atom stereocenters. The van der Waals surface area contributed by atoms with Gasteiger partial charge in [0.1, 0.15) is 12.4 Å². The van der Waals surface area contributed by atoms with Crippen molar-refractivity contribution in [3.05, 3.63) is 65.2 Å². The highest BCUT2D eigenvalue weighted by atomic mass is 19.4. The maximum absolute atomic E-state index is 13.0. The highest BCUT2D eigenvalue weighted by Gasteiger charge is 2.31. The maximum atomic E-state index is 13.0. The monoisotopic (exact) mass is 406 g/mol. The van der Waals surface area contributed by atoms with Crippen molar-refractivity contribution < 1.29 is 22.6 Å². The summed E-state index contributed by atoms with van der Waals surface area (Å²) in [5.41, 5.74) is 0.192. The van der Waals surface area contributed by atoms with Gasteiger partial charge in [-0.15, -0.1) is 0 Å². The zero-order valence-electron chi connectivity index (χ0n) is 16.2. The van der Waals surface area contributed by atoms with Crippen LogP contribution in [0.4, 0.5) is 13.2 Å². The molecule has 2 aromatic rings. The van der Waals surface area contributed by atoms with Gasteiger partial charge in [0.05, 0.1) is 24.7 Å². The molecule has 4 nitrogen and oxygen atoms in total. The number of nitrogens with one attached hydrogen (secondary N) is 1. The summed E-state index contributed by atoms with van der Waals surface area (Å²) in [6, 6.07) is 15.2. The Kier molecular flexibility index (Phi) is 9.48. The third-order valence-corrected chi connectivity index (χ3v) is 4.12. The van der Waals surface area contributed by atoms with Crippen LogP contribution in [-0.2, 0) is 23.9 Å². The fourth-order valence-electron chi connectivity index (χ4n) is 2.75. The van der Waals surface area contributed by atoms with Gasteiger partial charge in [0.15, 0.2) is 0 Å². The number of nitriles is 1. The average Bonchev–Trinajstić information content (AvgIpc) is 2.69. The van der Waals surface area contributed by atoms with Crippen LogP contribution in [0.1, 0.15) is 29.5 Å². The summed E-state index contributed by atoms with van der Waals surface area (Å²) in [7, 11) is 0. The Bertz CT molecular complexity index is 774. The number of alkyl halides is 3. The highest BCUT2D eigenvalue weighted by Crippen LogP contribution is 2.30. The Morgan fingerprint density at radius 3 is 2.41 bits per heavy atom. The minimum Gasteiger partial charge on any atom is -0.491 e. The van der Waals surface area contributed by atoms with Crippen molar-refractivity contribution in [3.63, 3.8) is 0 Å². The van der Waals surface area contributed by atoms with Crippen LogP contribution in [0, 0.1) is 11.3 Å². The number of hydrogen-bond acceptors (Lipinski definition) is 4. The second kappa shape index (κ2) is 12.1. The van der Waals surface area contributed by atoms with E-state index in [-0.39, 0.29) is 6.42 Å². The lowest BCUT2D eigenvalue weighted by molar-refractivity contribution is -0.137. The Morgan fingerprint density at radius 2 is 1.69 bits per heavy atom. The SMILES string of the molecule is N#CCc1cc(CNCCCCOCCOc2ccccc2)cc(C(F)(F)F)c1. The normalized spacial score (nSPS) is 11.2. The van der Waals surface area contributed by atoms with Gasteiger partial charge in [-0.3, -0.25) is 0 Å². The lowest BCUT2D eigenvalue weighted by Gasteiger charge is -2.12. The molecular formula is C22H25F3N2O2. The molecule has 0 fully saturated rings. The van der Waals surface area contributed by atoms with Gasteiger partial charge in [-0.25, -0.2) is 0 Å². The van der Waals surface area contributed by atoms with Crippen molar-refractivity contribution in [2.75, 3.05) is 26.4 Å². The van der Waals surface area contributed by atoms with E-state index in [0.29, 0.717) is 44.0 Å². The first-order valence-electron chi connectivity index (χ1n) is 9.52. The lowest BCUT2D eigenvalue weighted by Crippen LogP contribution is -2.16. The zero-order chi connectivity index (χ0) is 21.0. The predicted molar refractivity (Wildman–Crippen MR) is 104 cm³/mol. The Hall–Kier alpha value is -2.56. The largest absolute Gasteiger partial charge is 0.491 e. The number of nitrogens with zero attached hydrogens (tertiary/aromatic N) is 1. The minimum atomic E-state index is -4.41. The predicted octanol–water partition coefficient (Wildman–Crippen LogP) is 4.74. The molecule has 0 aliphatic rings. The third kappa shape index (κ3) is 8.99. The number of hydrogen-bond donors (Lipinski definition) is 1. The highest BCUT2D eigenvalue weighted by molar-refractivity contribution is 5.33. The summed E-state index contributed by atoms with van der Waals surface area (Å²) >= 11 is 0. The van der Waals surface area contributed by atoms with E-state index in [1.807, 2.05) is 36.4 Å². The molecule has 0 aromatic heterocycles. The number of unbranched alkanes of at least 4 members (excludes halogenated alkanes) is 1. The second-order valence-electron chi connectivity index (χ2n) is 6.53. The van der Waals surface area contributed by atoms with E-state index in [1.54, 1.807) is 6.07 Å². The average molecular weight is 406 g/mol. The number of rotatable bonds is 12. The second-order valence-corrected chi connectivity index (χ2v) is 6.53. The van der Waals surface area contributed by atoms with Crippen LogP contribution in [0.15, 0.2) is 48.5 Å². The fourth-order valence-corrected chi connectivity index (χ4v) is 2.75. The molecule has 0 unspecified atom stereocenters. The standard InChI is InChI=1S/C22H25F3N2O2/c23-22(24,25)20-15-18(8-9-26)14-19(16-20)17-27-10-4-5-11-28-12-13-29-21-6-2-1-3-7-21/h1-3,6-7,14-16,27H,4-5,8,10-13,17H2. The minimum absolute atomic E-state index is 0.0394. The Balaban J connectivity index is 1.59. The van der Waals surface area contributed by atoms with Crippen LogP contribution >= 0.6 is 0 Å². The zero-order valence-corrected chi connectivity index (χ0v) is 16.2. The van der Waals surface area contributed by atoms with Crippen molar-refractivity contribution in [2.45, 2.75) is 32.0 Å². The molecule has 0 heterocycles. The Labute approximate surface area is 169 Å². The number of benzene rings is 2. The molecule has 2 aromatic carbocycles. The third-order valence-electron chi connectivity index (χ3n) is 4.12. The van der Waals surface area contributed by atoms with Crippen LogP contribution in [-0.4, -0.2) is 26.4 Å². The van der Waals surface area contributed by atoms with Crippen molar-refractivity contribution in [1.29, 1.82) is 5.26 Å². The van der Waals surface area contributed by atoms with E-state index in [9.17, 15) is 13.2 Å².